The number of rotatable bonds is 3. The second kappa shape index (κ2) is 10.3. The van der Waals surface area contributed by atoms with Gasteiger partial charge in [-0.25, -0.2) is 4.79 Å². The lowest BCUT2D eigenvalue weighted by molar-refractivity contribution is 0.0200. The van der Waals surface area contributed by atoms with Crippen LogP contribution in [-0.4, -0.2) is 54.8 Å². The Morgan fingerprint density at radius 3 is 2.65 bits per heavy atom. The number of fused-ring (bicyclic) bond motifs is 2. The highest BCUT2D eigenvalue weighted by Gasteiger charge is 2.47. The Morgan fingerprint density at radius 2 is 1.90 bits per heavy atom. The van der Waals surface area contributed by atoms with E-state index in [1.165, 1.54) is 6.42 Å². The Morgan fingerprint density at radius 1 is 1.16 bits per heavy atom. The Labute approximate surface area is 198 Å². The average Bonchev–Trinajstić information content (AvgIpc) is 3.26. The van der Waals surface area contributed by atoms with Gasteiger partial charge in [0.05, 0.1) is 11.6 Å². The summed E-state index contributed by atoms with van der Waals surface area (Å²) in [4.78, 5) is 27.5. The predicted molar refractivity (Wildman–Crippen MR) is 128 cm³/mol. The zero-order valence-corrected chi connectivity index (χ0v) is 20.4. The highest BCUT2D eigenvalue weighted by molar-refractivity contribution is 7.59. The monoisotopic (exact) mass is 470 g/mol. The molecule has 1 aliphatic carbocycles. The summed E-state index contributed by atoms with van der Waals surface area (Å²) in [5, 5.41) is 3.03. The zero-order valence-electron chi connectivity index (χ0n) is 18.4. The van der Waals surface area contributed by atoms with Crippen LogP contribution in [0.3, 0.4) is 0 Å². The first-order chi connectivity index (χ1) is 13.8. The van der Waals surface area contributed by atoms with Gasteiger partial charge in [-0.05, 0) is 57.6 Å². The first kappa shape index (κ1) is 25.5. The van der Waals surface area contributed by atoms with E-state index in [0.29, 0.717) is 55.2 Å². The fourth-order valence-electron chi connectivity index (χ4n) is 4.76. The second-order valence-corrected chi connectivity index (χ2v) is 9.09. The molecule has 0 radical (unpaired) electrons. The van der Waals surface area contributed by atoms with Gasteiger partial charge in [-0.3, -0.25) is 4.79 Å². The Bertz CT molecular complexity index is 799. The van der Waals surface area contributed by atoms with E-state index in [-0.39, 0.29) is 45.0 Å². The summed E-state index contributed by atoms with van der Waals surface area (Å²) < 4.78 is 16.9. The largest absolute Gasteiger partial charge is 0.486 e. The minimum absolute atomic E-state index is 0. The average molecular weight is 471 g/mol. The highest BCUT2D eigenvalue weighted by Crippen LogP contribution is 2.42. The third-order valence-electron chi connectivity index (χ3n) is 5.95. The van der Waals surface area contributed by atoms with Crippen LogP contribution in [0, 0.1) is 11.8 Å². The molecule has 0 aromatic heterocycles. The molecule has 0 unspecified atom stereocenters. The lowest BCUT2D eigenvalue weighted by Gasteiger charge is -2.30. The molecule has 0 spiro atoms. The van der Waals surface area contributed by atoms with E-state index >= 15 is 0 Å². The van der Waals surface area contributed by atoms with Crippen LogP contribution in [0.2, 0.25) is 0 Å². The molecule has 0 bridgehead atoms. The fourth-order valence-corrected chi connectivity index (χ4v) is 4.76. The van der Waals surface area contributed by atoms with Crippen LogP contribution in [0.4, 0.5) is 4.79 Å². The molecule has 1 N–H and O–H groups in total. The van der Waals surface area contributed by atoms with Gasteiger partial charge in [0.2, 0.25) is 0 Å². The quantitative estimate of drug-likeness (QED) is 0.732. The third kappa shape index (κ3) is 5.55. The zero-order chi connectivity index (χ0) is 20.6. The van der Waals surface area contributed by atoms with Crippen molar-refractivity contribution in [1.29, 1.82) is 0 Å². The number of benzene rings is 1. The molecule has 1 aromatic carbocycles. The number of ether oxygens (including phenoxy) is 3. The van der Waals surface area contributed by atoms with Crippen molar-refractivity contribution in [3.8, 4) is 11.5 Å². The van der Waals surface area contributed by atoms with Gasteiger partial charge in [-0.2, -0.15) is 27.0 Å². The number of carbonyl (C=O) groups is 2. The number of likely N-dealkylation sites (tertiary alicyclic amines) is 1. The normalized spacial score (nSPS) is 23.8. The smallest absolute Gasteiger partial charge is 0.410 e. The van der Waals surface area contributed by atoms with Crippen molar-refractivity contribution in [2.24, 2.45) is 11.8 Å². The molecule has 31 heavy (non-hydrogen) atoms. The lowest BCUT2D eigenvalue weighted by atomic mass is 9.94. The molecule has 1 saturated carbocycles. The Balaban J connectivity index is 0.00000171. The molecular formula is C22H34N2O5S2. The number of amides is 2. The molecule has 4 rings (SSSR count). The standard InChI is InChI=1S/C22H30N2O5.2H2S/c1-22(2,3)29-21(26)24-13-14-6-4-7-15(14)17(24)12-23-20(25)16-8-5-9-18-19(16)28-11-10-27-18;;/h5,8-9,14-15,17H,4,6-7,10-13H2,1-3H3,(H,23,25);2*1H2/t14-,15-,17+;;/m0../s1. The van der Waals surface area contributed by atoms with Crippen molar-refractivity contribution >= 4 is 39.0 Å². The van der Waals surface area contributed by atoms with Gasteiger partial charge >= 0.3 is 6.09 Å². The fraction of sp³-hybridized carbons (Fsp3) is 0.636. The van der Waals surface area contributed by atoms with Crippen molar-refractivity contribution in [2.45, 2.75) is 51.7 Å². The molecule has 2 aliphatic heterocycles. The van der Waals surface area contributed by atoms with Crippen LogP contribution >= 0.6 is 27.0 Å². The number of nitrogens with one attached hydrogen (secondary N) is 1. The van der Waals surface area contributed by atoms with E-state index < -0.39 is 5.60 Å². The van der Waals surface area contributed by atoms with Crippen LogP contribution in [-0.2, 0) is 4.74 Å². The van der Waals surface area contributed by atoms with Crippen molar-refractivity contribution in [3.63, 3.8) is 0 Å². The molecular weight excluding hydrogens is 436 g/mol. The summed E-state index contributed by atoms with van der Waals surface area (Å²) >= 11 is 0. The SMILES string of the molecule is CC(C)(C)OC(=O)N1C[C@@H]2CCC[C@@H]2[C@H]1CNC(=O)c1cccc2c1OCCO2.S.S. The van der Waals surface area contributed by atoms with Crippen LogP contribution < -0.4 is 14.8 Å². The third-order valence-corrected chi connectivity index (χ3v) is 5.95. The van der Waals surface area contributed by atoms with E-state index in [2.05, 4.69) is 5.32 Å². The van der Waals surface area contributed by atoms with Gasteiger partial charge in [-0.1, -0.05) is 12.5 Å². The summed E-state index contributed by atoms with van der Waals surface area (Å²) in [5.41, 5.74) is -0.0739. The number of carbonyl (C=O) groups excluding carboxylic acids is 2. The second-order valence-electron chi connectivity index (χ2n) is 9.09. The molecule has 174 valence electrons. The van der Waals surface area contributed by atoms with Crippen molar-refractivity contribution in [3.05, 3.63) is 23.8 Å². The van der Waals surface area contributed by atoms with E-state index in [9.17, 15) is 9.59 Å². The topological polar surface area (TPSA) is 77.1 Å². The van der Waals surface area contributed by atoms with E-state index in [0.717, 1.165) is 12.8 Å². The Hall–Kier alpha value is -1.74. The van der Waals surface area contributed by atoms with E-state index in [1.807, 2.05) is 25.7 Å². The van der Waals surface area contributed by atoms with Gasteiger partial charge in [-0.15, -0.1) is 0 Å². The minimum atomic E-state index is -0.539. The molecule has 1 aromatic rings. The molecule has 1 saturated heterocycles. The molecule has 3 atom stereocenters. The van der Waals surface area contributed by atoms with Crippen molar-refractivity contribution in [2.75, 3.05) is 26.3 Å². The van der Waals surface area contributed by atoms with Crippen molar-refractivity contribution in [1.82, 2.24) is 10.2 Å². The number of hydrogen-bond donors (Lipinski definition) is 1. The van der Waals surface area contributed by atoms with Crippen LogP contribution in [0.15, 0.2) is 18.2 Å². The Kier molecular flexibility index (Phi) is 8.44. The summed E-state index contributed by atoms with van der Waals surface area (Å²) in [7, 11) is 0. The van der Waals surface area contributed by atoms with E-state index in [4.69, 9.17) is 14.2 Å². The highest BCUT2D eigenvalue weighted by atomic mass is 32.1. The van der Waals surface area contributed by atoms with Crippen LogP contribution in [0.25, 0.3) is 0 Å². The van der Waals surface area contributed by atoms with Gasteiger partial charge in [0.25, 0.3) is 5.91 Å². The lowest BCUT2D eigenvalue weighted by Crippen LogP contribution is -2.47. The number of nitrogens with zero attached hydrogens (tertiary/aromatic N) is 1. The van der Waals surface area contributed by atoms with Crippen molar-refractivity contribution < 1.29 is 23.8 Å². The first-order valence-electron chi connectivity index (χ1n) is 10.5. The maximum atomic E-state index is 12.9. The molecule has 2 amide bonds. The number of hydrogen-bond acceptors (Lipinski definition) is 5. The van der Waals surface area contributed by atoms with Gasteiger partial charge in [0, 0.05) is 13.1 Å². The van der Waals surface area contributed by atoms with Crippen LogP contribution in [0.1, 0.15) is 50.4 Å². The summed E-state index contributed by atoms with van der Waals surface area (Å²) in [6, 6.07) is 5.28. The molecule has 9 heteroatoms. The minimum Gasteiger partial charge on any atom is -0.486 e. The molecule has 7 nitrogen and oxygen atoms in total. The predicted octanol–water partition coefficient (Wildman–Crippen LogP) is 3.45. The molecule has 2 fully saturated rings. The number of para-hydroxylation sites is 1. The maximum absolute atomic E-state index is 12.9. The summed E-state index contributed by atoms with van der Waals surface area (Å²) in [6.45, 7) is 7.64. The van der Waals surface area contributed by atoms with Gasteiger partial charge in [0.1, 0.15) is 18.8 Å². The first-order valence-corrected chi connectivity index (χ1v) is 10.5. The van der Waals surface area contributed by atoms with Gasteiger partial charge in [0.15, 0.2) is 11.5 Å². The van der Waals surface area contributed by atoms with Gasteiger partial charge < -0.3 is 24.4 Å². The maximum Gasteiger partial charge on any atom is 0.410 e. The molecule has 2 heterocycles. The molecule has 3 aliphatic rings. The van der Waals surface area contributed by atoms with Crippen LogP contribution in [0.5, 0.6) is 11.5 Å². The summed E-state index contributed by atoms with van der Waals surface area (Å²) in [5.74, 6) is 1.78. The summed E-state index contributed by atoms with van der Waals surface area (Å²) in [6.07, 6.45) is 3.10. The van der Waals surface area contributed by atoms with E-state index in [1.54, 1.807) is 18.2 Å².